The zero-order valence-corrected chi connectivity index (χ0v) is 14.6. The van der Waals surface area contributed by atoms with E-state index >= 15 is 0 Å². The fraction of sp³-hybridized carbons (Fsp3) is 0.211. The third-order valence-corrected chi connectivity index (χ3v) is 4.66. The number of benzene rings is 2. The van der Waals surface area contributed by atoms with E-state index in [0.29, 0.717) is 23.1 Å². The summed E-state index contributed by atoms with van der Waals surface area (Å²) < 4.78 is 0. The highest BCUT2D eigenvalue weighted by Gasteiger charge is 2.16. The Hall–Kier alpha value is -1.81. The number of nitrogens with zero attached hydrogens (tertiary/aromatic N) is 2. The molecule has 2 aromatic rings. The van der Waals surface area contributed by atoms with Gasteiger partial charge in [0, 0.05) is 24.3 Å². The molecular formula is C19H18Cl2N2O. The molecule has 0 aromatic heterocycles. The average molecular weight is 361 g/mol. The number of aliphatic hydroxyl groups excluding tert-OH is 1. The van der Waals surface area contributed by atoms with E-state index in [2.05, 4.69) is 17.0 Å². The number of halogens is 2. The molecule has 0 unspecified atom stereocenters. The Morgan fingerprint density at radius 2 is 1.92 bits per heavy atom. The van der Waals surface area contributed by atoms with Gasteiger partial charge in [0.15, 0.2) is 0 Å². The van der Waals surface area contributed by atoms with Crippen LogP contribution in [0, 0.1) is 0 Å². The van der Waals surface area contributed by atoms with Crippen LogP contribution in [0.15, 0.2) is 53.5 Å². The molecule has 0 radical (unpaired) electrons. The van der Waals surface area contributed by atoms with Gasteiger partial charge in [0.25, 0.3) is 0 Å². The number of aliphatic imine (C=N–C) groups is 1. The van der Waals surface area contributed by atoms with Crippen LogP contribution in [-0.4, -0.2) is 37.1 Å². The molecule has 24 heavy (non-hydrogen) atoms. The van der Waals surface area contributed by atoms with Gasteiger partial charge in [-0.3, -0.25) is 4.99 Å². The van der Waals surface area contributed by atoms with Gasteiger partial charge < -0.3 is 10.0 Å². The van der Waals surface area contributed by atoms with Gasteiger partial charge in [0.1, 0.15) is 0 Å². The van der Waals surface area contributed by atoms with Crippen molar-refractivity contribution in [2.45, 2.75) is 0 Å². The lowest BCUT2D eigenvalue weighted by Gasteiger charge is -2.23. The molecule has 0 aliphatic carbocycles. The third-order valence-electron chi connectivity index (χ3n) is 3.92. The maximum atomic E-state index is 9.29. The molecule has 3 nitrogen and oxygen atoms in total. The monoisotopic (exact) mass is 360 g/mol. The fourth-order valence-corrected chi connectivity index (χ4v) is 3.06. The molecule has 0 saturated carbocycles. The molecule has 124 valence electrons. The Morgan fingerprint density at radius 3 is 2.71 bits per heavy atom. The van der Waals surface area contributed by atoms with Crippen molar-refractivity contribution in [2.24, 2.45) is 4.99 Å². The van der Waals surface area contributed by atoms with Gasteiger partial charge >= 0.3 is 0 Å². The highest BCUT2D eigenvalue weighted by Crippen LogP contribution is 2.25. The van der Waals surface area contributed by atoms with Crippen molar-refractivity contribution in [3.05, 3.63) is 69.7 Å². The molecule has 0 fully saturated rings. The maximum Gasteiger partial charge on any atom is 0.0668 e. The SMILES string of the molecule is OCCN1CCN=C(/C=C/c2ccc(Cl)c(Cl)c2)c2ccccc21. The van der Waals surface area contributed by atoms with Crippen LogP contribution < -0.4 is 4.90 Å². The van der Waals surface area contributed by atoms with E-state index in [1.807, 2.05) is 36.4 Å². The zero-order valence-electron chi connectivity index (χ0n) is 13.1. The standard InChI is InChI=1S/C19H18Cl2N2O/c20-16-7-5-14(13-17(16)21)6-8-18-15-3-1-2-4-19(15)23(11-12-24)10-9-22-18/h1-8,13,24H,9-12H2/b8-6+. The highest BCUT2D eigenvalue weighted by molar-refractivity contribution is 6.42. The van der Waals surface area contributed by atoms with E-state index in [4.69, 9.17) is 28.2 Å². The number of hydrogen-bond donors (Lipinski definition) is 1. The Labute approximate surface area is 151 Å². The number of aliphatic hydroxyl groups is 1. The normalized spacial score (nSPS) is 14.5. The zero-order chi connectivity index (χ0) is 16.9. The van der Waals surface area contributed by atoms with Gasteiger partial charge in [0.2, 0.25) is 0 Å². The van der Waals surface area contributed by atoms with Crippen molar-refractivity contribution >= 4 is 40.7 Å². The first-order valence-electron chi connectivity index (χ1n) is 7.82. The van der Waals surface area contributed by atoms with Crippen LogP contribution in [0.3, 0.4) is 0 Å². The highest BCUT2D eigenvalue weighted by atomic mass is 35.5. The molecule has 2 aromatic carbocycles. The van der Waals surface area contributed by atoms with Crippen LogP contribution in [0.5, 0.6) is 0 Å². The Balaban J connectivity index is 1.92. The summed E-state index contributed by atoms with van der Waals surface area (Å²) in [5.41, 5.74) is 4.07. The molecule has 0 saturated heterocycles. The number of β-amino-alcohol motifs (C(OH)–C–C–N with tert-alkyl or cyclic N) is 1. The smallest absolute Gasteiger partial charge is 0.0668 e. The summed E-state index contributed by atoms with van der Waals surface area (Å²) in [7, 11) is 0. The summed E-state index contributed by atoms with van der Waals surface area (Å²) in [5, 5.41) is 10.4. The van der Waals surface area contributed by atoms with Crippen molar-refractivity contribution in [3.8, 4) is 0 Å². The predicted octanol–water partition coefficient (Wildman–Crippen LogP) is 4.31. The summed E-state index contributed by atoms with van der Waals surface area (Å²) in [6.45, 7) is 2.22. The fourth-order valence-electron chi connectivity index (χ4n) is 2.75. The Bertz CT molecular complexity index is 787. The van der Waals surface area contributed by atoms with E-state index in [1.165, 1.54) is 0 Å². The lowest BCUT2D eigenvalue weighted by atomic mass is 10.1. The topological polar surface area (TPSA) is 35.8 Å². The molecule has 0 spiro atoms. The minimum Gasteiger partial charge on any atom is -0.395 e. The number of anilines is 1. The number of fused-ring (bicyclic) bond motifs is 1. The number of benzodiazepines with no additional fused rings is 1. The van der Waals surface area contributed by atoms with E-state index in [0.717, 1.165) is 29.1 Å². The lowest BCUT2D eigenvalue weighted by Crippen LogP contribution is -2.29. The minimum atomic E-state index is 0.128. The first-order chi connectivity index (χ1) is 11.7. The molecular weight excluding hydrogens is 343 g/mol. The van der Waals surface area contributed by atoms with E-state index in [-0.39, 0.29) is 6.61 Å². The van der Waals surface area contributed by atoms with E-state index in [9.17, 15) is 5.11 Å². The number of allylic oxidation sites excluding steroid dienone is 1. The quantitative estimate of drug-likeness (QED) is 0.881. The molecule has 1 aliphatic heterocycles. The molecule has 5 heteroatoms. The first-order valence-corrected chi connectivity index (χ1v) is 8.57. The van der Waals surface area contributed by atoms with Crippen molar-refractivity contribution in [3.63, 3.8) is 0 Å². The Morgan fingerprint density at radius 1 is 1.08 bits per heavy atom. The maximum absolute atomic E-state index is 9.29. The van der Waals surface area contributed by atoms with Crippen molar-refractivity contribution in [1.29, 1.82) is 0 Å². The van der Waals surface area contributed by atoms with Crippen molar-refractivity contribution in [2.75, 3.05) is 31.1 Å². The van der Waals surface area contributed by atoms with Gasteiger partial charge in [-0.05, 0) is 29.8 Å². The molecule has 0 atom stereocenters. The van der Waals surface area contributed by atoms with Crippen LogP contribution in [0.2, 0.25) is 10.0 Å². The van der Waals surface area contributed by atoms with Crippen LogP contribution in [0.4, 0.5) is 5.69 Å². The van der Waals surface area contributed by atoms with Crippen LogP contribution in [0.25, 0.3) is 6.08 Å². The summed E-state index contributed by atoms with van der Waals surface area (Å²) in [6, 6.07) is 13.7. The molecule has 1 heterocycles. The largest absolute Gasteiger partial charge is 0.395 e. The average Bonchev–Trinajstić information content (AvgIpc) is 2.76. The van der Waals surface area contributed by atoms with Crippen LogP contribution in [0.1, 0.15) is 11.1 Å². The molecule has 1 aliphatic rings. The Kier molecular flexibility index (Phi) is 5.56. The van der Waals surface area contributed by atoms with Crippen LogP contribution >= 0.6 is 23.2 Å². The second-order valence-electron chi connectivity index (χ2n) is 5.50. The molecule has 0 amide bonds. The number of hydrogen-bond acceptors (Lipinski definition) is 3. The summed E-state index contributed by atoms with van der Waals surface area (Å²) >= 11 is 12.0. The summed E-state index contributed by atoms with van der Waals surface area (Å²) in [4.78, 5) is 6.87. The van der Waals surface area contributed by atoms with Gasteiger partial charge in [-0.25, -0.2) is 0 Å². The molecule has 0 bridgehead atoms. The first kappa shape index (κ1) is 17.0. The second-order valence-corrected chi connectivity index (χ2v) is 6.32. The summed E-state index contributed by atoms with van der Waals surface area (Å²) in [6.07, 6.45) is 3.99. The van der Waals surface area contributed by atoms with Crippen LogP contribution in [-0.2, 0) is 0 Å². The van der Waals surface area contributed by atoms with Crippen molar-refractivity contribution < 1.29 is 5.11 Å². The molecule has 3 rings (SSSR count). The third kappa shape index (κ3) is 3.81. The predicted molar refractivity (Wildman–Crippen MR) is 103 cm³/mol. The minimum absolute atomic E-state index is 0.128. The van der Waals surface area contributed by atoms with Gasteiger partial charge in [-0.15, -0.1) is 0 Å². The van der Waals surface area contributed by atoms with Crippen molar-refractivity contribution in [1.82, 2.24) is 0 Å². The van der Waals surface area contributed by atoms with Gasteiger partial charge in [-0.1, -0.05) is 53.5 Å². The summed E-state index contributed by atoms with van der Waals surface area (Å²) in [5.74, 6) is 0. The number of rotatable bonds is 4. The number of para-hydroxylation sites is 1. The van der Waals surface area contributed by atoms with Gasteiger partial charge in [0.05, 0.1) is 28.9 Å². The lowest BCUT2D eigenvalue weighted by molar-refractivity contribution is 0.302. The van der Waals surface area contributed by atoms with E-state index in [1.54, 1.807) is 6.07 Å². The second kappa shape index (κ2) is 7.84. The molecule has 1 N–H and O–H groups in total. The van der Waals surface area contributed by atoms with E-state index < -0.39 is 0 Å². The van der Waals surface area contributed by atoms with Gasteiger partial charge in [-0.2, -0.15) is 0 Å².